The van der Waals surface area contributed by atoms with Crippen molar-refractivity contribution in [3.8, 4) is 0 Å². The highest BCUT2D eigenvalue weighted by molar-refractivity contribution is 5.97. The van der Waals surface area contributed by atoms with Crippen molar-refractivity contribution < 1.29 is 63.6 Å². The lowest BCUT2D eigenvalue weighted by molar-refractivity contribution is -0.145. The van der Waals surface area contributed by atoms with E-state index in [4.69, 9.17) is 22.3 Å². The van der Waals surface area contributed by atoms with Crippen molar-refractivity contribution in [3.05, 3.63) is 0 Å². The average Bonchev–Trinajstić information content (AvgIpc) is 3.58. The molecule has 1 aliphatic heterocycles. The number of carboxylic acid groups (broad SMARTS) is 3. The number of amides is 6. The number of rotatable bonds is 24. The third-order valence-electron chi connectivity index (χ3n) is 7.99. The lowest BCUT2D eigenvalue weighted by atomic mass is 10.0. The van der Waals surface area contributed by atoms with Gasteiger partial charge in [-0.05, 0) is 44.4 Å². The summed E-state index contributed by atoms with van der Waals surface area (Å²) in [5.41, 5.74) is 16.4. The highest BCUT2D eigenvalue weighted by Crippen LogP contribution is 2.19. The maximum absolute atomic E-state index is 13.3. The van der Waals surface area contributed by atoms with Crippen LogP contribution in [0.2, 0.25) is 0 Å². The van der Waals surface area contributed by atoms with Crippen molar-refractivity contribution in [1.82, 2.24) is 31.5 Å². The molecule has 1 rings (SSSR count). The van der Waals surface area contributed by atoms with Gasteiger partial charge in [-0.15, -0.1) is 0 Å². The molecule has 1 aliphatic rings. The maximum atomic E-state index is 13.3. The van der Waals surface area contributed by atoms with Gasteiger partial charge in [-0.2, -0.15) is 0 Å². The van der Waals surface area contributed by atoms with Gasteiger partial charge in [0.1, 0.15) is 30.2 Å². The normalized spacial score (nSPS) is 16.5. The molecule has 0 unspecified atom stereocenters. The van der Waals surface area contributed by atoms with Gasteiger partial charge in [-0.1, -0.05) is 13.8 Å². The Hall–Kier alpha value is -5.58. The molecule has 1 heterocycles. The number of carbonyl (C=O) groups excluding carboxylic acids is 6. The van der Waals surface area contributed by atoms with E-state index in [1.54, 1.807) is 13.8 Å². The highest BCUT2D eigenvalue weighted by Gasteiger charge is 2.39. The number of carbonyl (C=O) groups is 9. The van der Waals surface area contributed by atoms with Crippen molar-refractivity contribution >= 4 is 59.3 Å². The first-order valence-electron chi connectivity index (χ1n) is 17.1. The summed E-state index contributed by atoms with van der Waals surface area (Å²) in [6.45, 7) is 1.94. The smallest absolute Gasteiger partial charge is 0.326 e. The zero-order chi connectivity index (χ0) is 41.1. The Labute approximate surface area is 310 Å². The SMILES string of the molecule is CC(C)C[C@H](N)C(=O)N[C@@H](CCC(=O)O)C(=O)N[C@@H](CC(=O)O)C(=O)NCC(=O)N[C@@H](CO)C(=O)N1CCC[C@H]1C(=O)N[C@@H](CCCN=C(N)N)C(=O)O. The molecule has 0 aromatic rings. The molecule has 6 atom stereocenters. The molecule has 0 bridgehead atoms. The second kappa shape index (κ2) is 23.2. The molecule has 1 fully saturated rings. The first-order valence-corrected chi connectivity index (χ1v) is 17.1. The fraction of sp³-hybridized carbons (Fsp3) is 0.677. The number of nitrogens with zero attached hydrogens (tertiary/aromatic N) is 2. The van der Waals surface area contributed by atoms with Crippen LogP contribution >= 0.6 is 0 Å². The van der Waals surface area contributed by atoms with E-state index in [2.05, 4.69) is 31.6 Å². The van der Waals surface area contributed by atoms with Gasteiger partial charge in [-0.3, -0.25) is 43.3 Å². The second-order valence-electron chi connectivity index (χ2n) is 12.9. The summed E-state index contributed by atoms with van der Waals surface area (Å²) >= 11 is 0. The Morgan fingerprint density at radius 3 is 2.02 bits per heavy atom. The zero-order valence-electron chi connectivity index (χ0n) is 30.1. The Bertz CT molecular complexity index is 1410. The molecule has 1 saturated heterocycles. The number of nitrogens with two attached hydrogens (primary N) is 3. The minimum Gasteiger partial charge on any atom is -0.481 e. The van der Waals surface area contributed by atoms with Crippen molar-refractivity contribution in [2.45, 2.75) is 101 Å². The van der Waals surface area contributed by atoms with Crippen LogP contribution in [0.1, 0.15) is 65.2 Å². The van der Waals surface area contributed by atoms with Gasteiger partial charge in [0.25, 0.3) is 0 Å². The van der Waals surface area contributed by atoms with Crippen molar-refractivity contribution in [3.63, 3.8) is 0 Å². The number of hydrogen-bond donors (Lipinski definition) is 12. The molecule has 0 aliphatic carbocycles. The van der Waals surface area contributed by atoms with E-state index in [9.17, 15) is 58.5 Å². The van der Waals surface area contributed by atoms with E-state index in [0.29, 0.717) is 6.42 Å². The second-order valence-corrected chi connectivity index (χ2v) is 12.9. The van der Waals surface area contributed by atoms with Crippen molar-refractivity contribution in [1.29, 1.82) is 0 Å². The Morgan fingerprint density at radius 1 is 0.815 bits per heavy atom. The minimum atomic E-state index is -1.81. The number of aliphatic hydroxyl groups is 1. The number of nitrogens with one attached hydrogen (secondary N) is 5. The molecule has 23 nitrogen and oxygen atoms in total. The van der Waals surface area contributed by atoms with Gasteiger partial charge in [0.15, 0.2) is 5.96 Å². The van der Waals surface area contributed by atoms with Crippen LogP contribution in [0.15, 0.2) is 4.99 Å². The number of aliphatic hydroxyl groups excluding tert-OH is 1. The molecule has 6 amide bonds. The predicted octanol–water partition coefficient (Wildman–Crippen LogP) is -5.12. The van der Waals surface area contributed by atoms with Gasteiger partial charge in [0.2, 0.25) is 35.4 Å². The third kappa shape index (κ3) is 16.8. The van der Waals surface area contributed by atoms with E-state index in [1.165, 1.54) is 0 Å². The standard InChI is InChI=1S/C31H52N10O13/c1-15(2)11-16(32)25(48)38-17(7-8-23(44)45)27(50)40-19(12-24(46)47)26(49)36-13-22(43)37-20(14-42)29(52)41-10-4-6-21(41)28(51)39-18(30(53)54)5-3-9-35-31(33)34/h15-21,42H,3-14,32H2,1-2H3,(H,36,49)(H,37,43)(H,38,48)(H,39,51)(H,40,50)(H,44,45)(H,46,47)(H,53,54)(H4,33,34,35)/t16-,17-,18-,19-,20-,21-/m0/s1. The van der Waals surface area contributed by atoms with Gasteiger partial charge < -0.3 is 69.1 Å². The topological polar surface area (TPSA) is 388 Å². The molecule has 0 radical (unpaired) electrons. The van der Waals surface area contributed by atoms with Crippen LogP contribution < -0.4 is 43.8 Å². The van der Waals surface area contributed by atoms with Crippen LogP contribution in [-0.4, -0.2) is 147 Å². The molecular formula is C31H52N10O13. The largest absolute Gasteiger partial charge is 0.481 e. The first-order chi connectivity index (χ1) is 25.3. The molecule has 15 N–H and O–H groups in total. The fourth-order valence-corrected chi connectivity index (χ4v) is 5.34. The van der Waals surface area contributed by atoms with Crippen LogP contribution in [0.25, 0.3) is 0 Å². The lowest BCUT2D eigenvalue weighted by Crippen LogP contribution is -2.58. The summed E-state index contributed by atoms with van der Waals surface area (Å²) in [4.78, 5) is 117. The van der Waals surface area contributed by atoms with E-state index < -0.39 is 122 Å². The van der Waals surface area contributed by atoms with E-state index in [-0.39, 0.29) is 50.7 Å². The number of likely N-dealkylation sites (tertiary alicyclic amines) is 1. The quantitative estimate of drug-likeness (QED) is 0.0248. The highest BCUT2D eigenvalue weighted by atomic mass is 16.4. The number of guanidine groups is 1. The monoisotopic (exact) mass is 772 g/mol. The fourth-order valence-electron chi connectivity index (χ4n) is 5.34. The minimum absolute atomic E-state index is 0.00538. The molecule has 0 aromatic carbocycles. The molecular weight excluding hydrogens is 720 g/mol. The van der Waals surface area contributed by atoms with Gasteiger partial charge in [0, 0.05) is 19.5 Å². The van der Waals surface area contributed by atoms with Crippen LogP contribution in [-0.2, 0) is 43.2 Å². The molecule has 0 aromatic heterocycles. The van der Waals surface area contributed by atoms with Gasteiger partial charge in [-0.25, -0.2) is 4.79 Å². The number of carboxylic acids is 3. The van der Waals surface area contributed by atoms with Crippen molar-refractivity contribution in [2.75, 3.05) is 26.2 Å². The predicted molar refractivity (Wildman–Crippen MR) is 187 cm³/mol. The lowest BCUT2D eigenvalue weighted by Gasteiger charge is -2.29. The van der Waals surface area contributed by atoms with Gasteiger partial charge >= 0.3 is 17.9 Å². The van der Waals surface area contributed by atoms with Crippen LogP contribution in [0.5, 0.6) is 0 Å². The summed E-state index contributed by atoms with van der Waals surface area (Å²) in [5.74, 6) is -10.1. The Balaban J connectivity index is 2.92. The third-order valence-corrected chi connectivity index (χ3v) is 7.99. The van der Waals surface area contributed by atoms with Gasteiger partial charge in [0.05, 0.1) is 25.6 Å². The molecule has 54 heavy (non-hydrogen) atoms. The molecule has 23 heteroatoms. The van der Waals surface area contributed by atoms with Crippen LogP contribution in [0, 0.1) is 5.92 Å². The summed E-state index contributed by atoms with van der Waals surface area (Å²) < 4.78 is 0. The number of aliphatic carboxylic acids is 3. The van der Waals surface area contributed by atoms with E-state index in [1.807, 2.05) is 0 Å². The number of hydrogen-bond acceptors (Lipinski definition) is 12. The van der Waals surface area contributed by atoms with Crippen LogP contribution in [0.4, 0.5) is 0 Å². The van der Waals surface area contributed by atoms with E-state index >= 15 is 0 Å². The van der Waals surface area contributed by atoms with Crippen molar-refractivity contribution in [2.24, 2.45) is 28.1 Å². The summed E-state index contributed by atoms with van der Waals surface area (Å²) in [7, 11) is 0. The molecule has 0 saturated carbocycles. The Morgan fingerprint density at radius 2 is 1.46 bits per heavy atom. The zero-order valence-corrected chi connectivity index (χ0v) is 30.1. The summed E-state index contributed by atoms with van der Waals surface area (Å²) in [6.07, 6.45) is -1.06. The summed E-state index contributed by atoms with van der Waals surface area (Å²) in [5, 5.41) is 49.0. The maximum Gasteiger partial charge on any atom is 0.326 e. The van der Waals surface area contributed by atoms with Crippen LogP contribution in [0.3, 0.4) is 0 Å². The average molecular weight is 773 g/mol. The molecule has 304 valence electrons. The Kier molecular flexibility index (Phi) is 19.9. The summed E-state index contributed by atoms with van der Waals surface area (Å²) in [6, 6.07) is -8.42. The first kappa shape index (κ1) is 46.4. The number of aliphatic imine (C=N–C) groups is 1. The van der Waals surface area contributed by atoms with E-state index in [0.717, 1.165) is 4.90 Å². The molecule has 0 spiro atoms.